The molecule has 0 unspecified atom stereocenters. The Labute approximate surface area is 154 Å². The quantitative estimate of drug-likeness (QED) is 0.222. The second-order valence-corrected chi connectivity index (χ2v) is 5.41. The smallest absolute Gasteiger partial charge is 0.269 e. The Morgan fingerprint density at radius 2 is 1.59 bits per heavy atom. The van der Waals surface area contributed by atoms with Crippen LogP contribution in [-0.4, -0.2) is 15.9 Å². The van der Waals surface area contributed by atoms with Crippen molar-refractivity contribution in [3.63, 3.8) is 0 Å². The molecule has 27 heavy (non-hydrogen) atoms. The molecule has 0 saturated carbocycles. The molecule has 3 aromatic rings. The van der Waals surface area contributed by atoms with Crippen molar-refractivity contribution < 1.29 is 10.0 Å². The van der Waals surface area contributed by atoms with E-state index in [1.807, 2.05) is 30.3 Å². The van der Waals surface area contributed by atoms with Gasteiger partial charge >= 0.3 is 0 Å². The number of phenols is 1. The molecule has 0 aliphatic carbocycles. The highest BCUT2D eigenvalue weighted by Crippen LogP contribution is 2.25. The van der Waals surface area contributed by atoms with E-state index >= 15 is 0 Å². The van der Waals surface area contributed by atoms with Crippen molar-refractivity contribution in [1.29, 1.82) is 0 Å². The number of hydrogen-bond donors (Lipinski definition) is 2. The van der Waals surface area contributed by atoms with Gasteiger partial charge in [0.05, 0.1) is 10.6 Å². The minimum Gasteiger partial charge on any atom is -0.506 e. The summed E-state index contributed by atoms with van der Waals surface area (Å²) in [5.41, 5.74) is 4.39. The molecule has 8 nitrogen and oxygen atoms in total. The number of anilines is 1. The Kier molecular flexibility index (Phi) is 5.48. The Balaban J connectivity index is 1.93. The highest BCUT2D eigenvalue weighted by molar-refractivity contribution is 5.99. The zero-order chi connectivity index (χ0) is 19.1. The number of amidine groups is 1. The number of hydrogen-bond acceptors (Lipinski definition) is 6. The monoisotopic (exact) mass is 361 g/mol. The summed E-state index contributed by atoms with van der Waals surface area (Å²) in [7, 11) is 0. The van der Waals surface area contributed by atoms with Crippen molar-refractivity contribution in [2.75, 3.05) is 5.43 Å². The first kappa shape index (κ1) is 17.7. The van der Waals surface area contributed by atoms with E-state index in [4.69, 9.17) is 0 Å². The van der Waals surface area contributed by atoms with Crippen LogP contribution in [0.4, 0.5) is 17.1 Å². The van der Waals surface area contributed by atoms with Crippen LogP contribution in [0.1, 0.15) is 5.56 Å². The van der Waals surface area contributed by atoms with Crippen LogP contribution in [0.3, 0.4) is 0 Å². The first-order valence-corrected chi connectivity index (χ1v) is 7.97. The van der Waals surface area contributed by atoms with Crippen LogP contribution in [0.5, 0.6) is 5.75 Å². The SMILES string of the molecule is O=[N+]([O-])c1ccc(/C(N=Nc2ccccc2O)=N\Nc2ccccc2)cc1. The summed E-state index contributed by atoms with van der Waals surface area (Å²) >= 11 is 0. The van der Waals surface area contributed by atoms with Crippen LogP contribution in [0.2, 0.25) is 0 Å². The zero-order valence-corrected chi connectivity index (χ0v) is 14.1. The summed E-state index contributed by atoms with van der Waals surface area (Å²) < 4.78 is 0. The average molecular weight is 361 g/mol. The lowest BCUT2D eigenvalue weighted by atomic mass is 10.2. The topological polar surface area (TPSA) is 112 Å². The van der Waals surface area contributed by atoms with Crippen molar-refractivity contribution in [3.8, 4) is 5.75 Å². The molecule has 0 saturated heterocycles. The fraction of sp³-hybridized carbons (Fsp3) is 0. The van der Waals surface area contributed by atoms with Crippen LogP contribution in [0.15, 0.2) is 94.2 Å². The van der Waals surface area contributed by atoms with Crippen LogP contribution >= 0.6 is 0 Å². The molecule has 134 valence electrons. The Bertz CT molecular complexity index is 986. The van der Waals surface area contributed by atoms with Crippen molar-refractivity contribution in [2.45, 2.75) is 0 Å². The van der Waals surface area contributed by atoms with Gasteiger partial charge in [-0.1, -0.05) is 30.3 Å². The van der Waals surface area contributed by atoms with Gasteiger partial charge in [0.1, 0.15) is 11.4 Å². The summed E-state index contributed by atoms with van der Waals surface area (Å²) in [6.45, 7) is 0. The molecule has 0 amide bonds. The van der Waals surface area contributed by atoms with Crippen molar-refractivity contribution in [1.82, 2.24) is 0 Å². The number of nitrogens with zero attached hydrogens (tertiary/aromatic N) is 4. The largest absolute Gasteiger partial charge is 0.506 e. The van der Waals surface area contributed by atoms with E-state index in [0.29, 0.717) is 5.56 Å². The predicted molar refractivity (Wildman–Crippen MR) is 102 cm³/mol. The lowest BCUT2D eigenvalue weighted by Crippen LogP contribution is -2.01. The molecule has 3 rings (SSSR count). The standard InChI is InChI=1S/C19H15N5O3/c25-18-9-5-4-8-17(18)21-23-19(22-20-15-6-2-1-3-7-15)14-10-12-16(13-11-14)24(26)27/h1-13,20,25H/b22-19+,23-21?. The lowest BCUT2D eigenvalue weighted by Gasteiger charge is -2.03. The molecule has 0 bridgehead atoms. The molecular formula is C19H15N5O3. The van der Waals surface area contributed by atoms with Gasteiger partial charge in [-0.2, -0.15) is 5.10 Å². The third kappa shape index (κ3) is 4.73. The molecule has 0 atom stereocenters. The number of para-hydroxylation sites is 2. The summed E-state index contributed by atoms with van der Waals surface area (Å²) in [4.78, 5) is 10.4. The normalized spacial score (nSPS) is 11.5. The van der Waals surface area contributed by atoms with Gasteiger partial charge in [0, 0.05) is 17.7 Å². The van der Waals surface area contributed by atoms with Crippen LogP contribution in [0, 0.1) is 10.1 Å². The zero-order valence-electron chi connectivity index (χ0n) is 14.1. The summed E-state index contributed by atoms with van der Waals surface area (Å²) in [6, 6.07) is 21.6. The molecule has 8 heteroatoms. The summed E-state index contributed by atoms with van der Waals surface area (Å²) in [6.07, 6.45) is 0. The molecule has 0 aromatic heterocycles. The number of hydrazone groups is 1. The van der Waals surface area contributed by atoms with E-state index in [0.717, 1.165) is 5.69 Å². The average Bonchev–Trinajstić information content (AvgIpc) is 2.70. The molecule has 0 fully saturated rings. The number of non-ortho nitro benzene ring substituents is 1. The van der Waals surface area contributed by atoms with E-state index in [-0.39, 0.29) is 23.0 Å². The molecular weight excluding hydrogens is 346 g/mol. The van der Waals surface area contributed by atoms with E-state index in [1.165, 1.54) is 30.3 Å². The maximum absolute atomic E-state index is 10.8. The van der Waals surface area contributed by atoms with Gasteiger partial charge in [0.25, 0.3) is 5.69 Å². The van der Waals surface area contributed by atoms with Gasteiger partial charge < -0.3 is 5.11 Å². The third-order valence-corrected chi connectivity index (χ3v) is 3.54. The fourth-order valence-corrected chi connectivity index (χ4v) is 2.16. The Morgan fingerprint density at radius 3 is 2.26 bits per heavy atom. The number of rotatable bonds is 5. The Hall–Kier alpha value is -4.07. The van der Waals surface area contributed by atoms with Gasteiger partial charge in [-0.3, -0.25) is 15.5 Å². The number of aromatic hydroxyl groups is 1. The molecule has 3 aromatic carbocycles. The van der Waals surface area contributed by atoms with Gasteiger partial charge in [0.15, 0.2) is 0 Å². The van der Waals surface area contributed by atoms with Gasteiger partial charge in [-0.05, 0) is 36.4 Å². The first-order chi connectivity index (χ1) is 13.1. The van der Waals surface area contributed by atoms with Crippen LogP contribution in [0.25, 0.3) is 0 Å². The van der Waals surface area contributed by atoms with Crippen molar-refractivity contribution >= 4 is 22.9 Å². The number of phenolic OH excluding ortho intramolecular Hbond substituents is 1. The fourth-order valence-electron chi connectivity index (χ4n) is 2.16. The molecule has 0 spiro atoms. The number of azo groups is 1. The third-order valence-electron chi connectivity index (χ3n) is 3.54. The number of nitro groups is 1. The maximum atomic E-state index is 10.8. The minimum atomic E-state index is -0.480. The molecule has 2 N–H and O–H groups in total. The van der Waals surface area contributed by atoms with Gasteiger partial charge in [0.2, 0.25) is 5.84 Å². The second-order valence-electron chi connectivity index (χ2n) is 5.41. The van der Waals surface area contributed by atoms with Gasteiger partial charge in [-0.25, -0.2) is 0 Å². The first-order valence-electron chi connectivity index (χ1n) is 7.97. The number of nitro benzene ring substituents is 1. The van der Waals surface area contributed by atoms with Crippen LogP contribution < -0.4 is 5.43 Å². The highest BCUT2D eigenvalue weighted by atomic mass is 16.6. The predicted octanol–water partition coefficient (Wildman–Crippen LogP) is 4.86. The Morgan fingerprint density at radius 1 is 0.926 bits per heavy atom. The van der Waals surface area contributed by atoms with E-state index in [1.54, 1.807) is 18.2 Å². The molecule has 0 radical (unpaired) electrons. The summed E-state index contributed by atoms with van der Waals surface area (Å²) in [5, 5.41) is 33.0. The molecule has 0 aliphatic rings. The lowest BCUT2D eigenvalue weighted by molar-refractivity contribution is -0.384. The van der Waals surface area contributed by atoms with E-state index in [2.05, 4.69) is 20.8 Å². The summed E-state index contributed by atoms with van der Waals surface area (Å²) in [5.74, 6) is 0.192. The van der Waals surface area contributed by atoms with Gasteiger partial charge in [-0.15, -0.1) is 10.2 Å². The van der Waals surface area contributed by atoms with E-state index < -0.39 is 4.92 Å². The molecule has 0 aliphatic heterocycles. The molecule has 0 heterocycles. The minimum absolute atomic E-state index is 0.0136. The second kappa shape index (κ2) is 8.34. The van der Waals surface area contributed by atoms with Crippen molar-refractivity contribution in [2.24, 2.45) is 15.3 Å². The number of nitrogens with one attached hydrogen (secondary N) is 1. The van der Waals surface area contributed by atoms with Crippen LogP contribution in [-0.2, 0) is 0 Å². The number of benzene rings is 3. The van der Waals surface area contributed by atoms with E-state index in [9.17, 15) is 15.2 Å². The van der Waals surface area contributed by atoms with Crippen molar-refractivity contribution in [3.05, 3.63) is 94.5 Å². The highest BCUT2D eigenvalue weighted by Gasteiger charge is 2.09. The maximum Gasteiger partial charge on any atom is 0.269 e.